The van der Waals surface area contributed by atoms with Gasteiger partial charge >= 0.3 is 5.97 Å². The number of aryl methyl sites for hydroxylation is 1. The number of phenols is 1. The number of carbonyl (C=O) groups is 1. The minimum absolute atomic E-state index is 0.145. The summed E-state index contributed by atoms with van der Waals surface area (Å²) in [6.45, 7) is 10.5. The van der Waals surface area contributed by atoms with Gasteiger partial charge in [0.05, 0.1) is 17.6 Å². The van der Waals surface area contributed by atoms with Gasteiger partial charge in [0.15, 0.2) is 0 Å². The fourth-order valence-corrected chi connectivity index (χ4v) is 4.15. The Labute approximate surface area is 188 Å². The van der Waals surface area contributed by atoms with E-state index in [0.717, 1.165) is 33.3 Å². The van der Waals surface area contributed by atoms with E-state index in [4.69, 9.17) is 9.47 Å². The van der Waals surface area contributed by atoms with E-state index in [2.05, 4.69) is 4.57 Å². The van der Waals surface area contributed by atoms with Crippen molar-refractivity contribution in [1.82, 2.24) is 4.57 Å². The Morgan fingerprint density at radius 1 is 0.969 bits per heavy atom. The van der Waals surface area contributed by atoms with Crippen LogP contribution in [0.2, 0.25) is 0 Å². The van der Waals surface area contributed by atoms with E-state index in [9.17, 15) is 9.90 Å². The molecule has 0 spiro atoms. The Bertz CT molecular complexity index is 1310. The Morgan fingerprint density at radius 3 is 2.31 bits per heavy atom. The number of aromatic nitrogens is 1. The fourth-order valence-electron chi connectivity index (χ4n) is 4.15. The lowest BCUT2D eigenvalue weighted by atomic mass is 10.0. The topological polar surface area (TPSA) is 60.7 Å². The third kappa shape index (κ3) is 4.03. The van der Waals surface area contributed by atoms with Crippen molar-refractivity contribution in [3.05, 3.63) is 71.4 Å². The van der Waals surface area contributed by atoms with Crippen molar-refractivity contribution in [2.75, 3.05) is 6.61 Å². The Balaban J connectivity index is 1.83. The Morgan fingerprint density at radius 2 is 1.62 bits per heavy atom. The highest BCUT2D eigenvalue weighted by atomic mass is 16.6. The van der Waals surface area contributed by atoms with Gasteiger partial charge in [-0.25, -0.2) is 4.79 Å². The van der Waals surface area contributed by atoms with Crippen LogP contribution in [0.25, 0.3) is 21.7 Å². The first kappa shape index (κ1) is 21.8. The average Bonchev–Trinajstić information content (AvgIpc) is 3.00. The van der Waals surface area contributed by atoms with Crippen molar-refractivity contribution < 1.29 is 19.4 Å². The van der Waals surface area contributed by atoms with E-state index in [1.807, 2.05) is 83.1 Å². The first-order valence-corrected chi connectivity index (χ1v) is 10.8. The lowest BCUT2D eigenvalue weighted by Gasteiger charge is -2.19. The summed E-state index contributed by atoms with van der Waals surface area (Å²) in [5.41, 5.74) is 2.62. The van der Waals surface area contributed by atoms with Crippen LogP contribution in [-0.2, 0) is 11.3 Å². The van der Waals surface area contributed by atoms with Gasteiger partial charge in [-0.15, -0.1) is 0 Å². The summed E-state index contributed by atoms with van der Waals surface area (Å²) in [6, 6.07) is 17.3. The quantitative estimate of drug-likeness (QED) is 0.385. The van der Waals surface area contributed by atoms with Gasteiger partial charge < -0.3 is 19.1 Å². The molecular weight excluding hydrogens is 402 g/mol. The molecule has 4 aromatic rings. The molecule has 166 valence electrons. The van der Waals surface area contributed by atoms with Crippen LogP contribution in [0.5, 0.6) is 11.5 Å². The highest BCUT2D eigenvalue weighted by molar-refractivity contribution is 6.16. The molecule has 1 heterocycles. The monoisotopic (exact) mass is 431 g/mol. The van der Waals surface area contributed by atoms with Crippen LogP contribution < -0.4 is 4.74 Å². The molecule has 0 atom stereocenters. The molecule has 0 aliphatic rings. The molecule has 0 aliphatic heterocycles. The van der Waals surface area contributed by atoms with Crippen LogP contribution in [0, 0.1) is 13.8 Å². The lowest BCUT2D eigenvalue weighted by Crippen LogP contribution is -2.24. The number of rotatable bonds is 5. The summed E-state index contributed by atoms with van der Waals surface area (Å²) in [6.07, 6.45) is 0. The van der Waals surface area contributed by atoms with Gasteiger partial charge in [0.2, 0.25) is 0 Å². The van der Waals surface area contributed by atoms with Crippen molar-refractivity contribution in [1.29, 1.82) is 0 Å². The van der Waals surface area contributed by atoms with Gasteiger partial charge in [-0.3, -0.25) is 0 Å². The summed E-state index contributed by atoms with van der Waals surface area (Å²) in [5, 5.41) is 13.0. The Hall–Kier alpha value is -3.47. The van der Waals surface area contributed by atoms with E-state index in [0.29, 0.717) is 24.1 Å². The number of benzene rings is 3. The van der Waals surface area contributed by atoms with E-state index in [1.54, 1.807) is 6.07 Å². The number of hydrogen-bond donors (Lipinski definition) is 1. The van der Waals surface area contributed by atoms with E-state index in [-0.39, 0.29) is 5.75 Å². The minimum Gasteiger partial charge on any atom is -0.507 e. The summed E-state index contributed by atoms with van der Waals surface area (Å²) < 4.78 is 13.8. The molecule has 4 rings (SSSR count). The molecule has 0 unspecified atom stereocenters. The van der Waals surface area contributed by atoms with Crippen LogP contribution in [0.4, 0.5) is 0 Å². The van der Waals surface area contributed by atoms with Crippen molar-refractivity contribution in [2.24, 2.45) is 0 Å². The normalized spacial score (nSPS) is 11.8. The number of fused-ring (bicyclic) bond motifs is 3. The third-order valence-electron chi connectivity index (χ3n) is 5.57. The molecule has 5 nitrogen and oxygen atoms in total. The van der Waals surface area contributed by atoms with Gasteiger partial charge in [0, 0.05) is 21.9 Å². The van der Waals surface area contributed by atoms with Gasteiger partial charge in [-0.1, -0.05) is 42.5 Å². The van der Waals surface area contributed by atoms with Crippen LogP contribution >= 0.6 is 0 Å². The van der Waals surface area contributed by atoms with Gasteiger partial charge in [0.25, 0.3) is 0 Å². The number of esters is 1. The molecule has 1 N–H and O–H groups in total. The molecule has 0 saturated carbocycles. The highest BCUT2D eigenvalue weighted by Crippen LogP contribution is 2.38. The molecular formula is C27H29NO4. The molecule has 1 aromatic heterocycles. The second-order valence-corrected chi connectivity index (χ2v) is 9.07. The third-order valence-corrected chi connectivity index (χ3v) is 5.57. The van der Waals surface area contributed by atoms with Crippen molar-refractivity contribution in [2.45, 2.75) is 46.8 Å². The number of para-hydroxylation sites is 1. The number of hydrogen-bond acceptors (Lipinski definition) is 4. The van der Waals surface area contributed by atoms with E-state index >= 15 is 0 Å². The molecule has 0 radical (unpaired) electrons. The van der Waals surface area contributed by atoms with Crippen LogP contribution in [0.1, 0.15) is 42.4 Å². The first-order chi connectivity index (χ1) is 15.2. The summed E-state index contributed by atoms with van der Waals surface area (Å²) in [7, 11) is 0. The zero-order valence-corrected chi connectivity index (χ0v) is 19.2. The maximum absolute atomic E-state index is 13.1. The summed E-state index contributed by atoms with van der Waals surface area (Å²) in [5.74, 6) is 0.593. The second-order valence-electron chi connectivity index (χ2n) is 9.07. The number of phenolic OH excluding ortho intramolecular Hbond substituents is 1. The second kappa shape index (κ2) is 8.23. The number of aromatic hydroxyl groups is 1. The number of carbonyl (C=O) groups excluding carboxylic acids is 1. The molecule has 0 bridgehead atoms. The van der Waals surface area contributed by atoms with Crippen molar-refractivity contribution >= 4 is 27.6 Å². The molecule has 0 saturated heterocycles. The maximum Gasteiger partial charge on any atom is 0.341 e. The zero-order valence-electron chi connectivity index (χ0n) is 19.2. The van der Waals surface area contributed by atoms with Gasteiger partial charge in [-0.05, 0) is 52.3 Å². The molecule has 32 heavy (non-hydrogen) atoms. The molecule has 0 amide bonds. The van der Waals surface area contributed by atoms with Crippen molar-refractivity contribution in [3.63, 3.8) is 0 Å². The first-order valence-electron chi connectivity index (χ1n) is 10.8. The molecule has 0 aliphatic carbocycles. The minimum atomic E-state index is -0.620. The largest absolute Gasteiger partial charge is 0.507 e. The van der Waals surface area contributed by atoms with Crippen LogP contribution in [-0.4, -0.2) is 27.9 Å². The van der Waals surface area contributed by atoms with Gasteiger partial charge in [0.1, 0.15) is 23.7 Å². The Kier molecular flexibility index (Phi) is 5.59. The summed E-state index contributed by atoms with van der Waals surface area (Å²) >= 11 is 0. The average molecular weight is 432 g/mol. The molecule has 5 heteroatoms. The fraction of sp³-hybridized carbons (Fsp3) is 0.296. The molecule has 3 aromatic carbocycles. The lowest BCUT2D eigenvalue weighted by molar-refractivity contribution is 0.00707. The maximum atomic E-state index is 13.1. The smallest absolute Gasteiger partial charge is 0.341 e. The SMILES string of the molecule is Cc1ccccc1OCCn1c(C)c(C(=O)OC(C)(C)C)c2cc(O)c3ccccc3c21. The zero-order chi connectivity index (χ0) is 23.0. The summed E-state index contributed by atoms with van der Waals surface area (Å²) in [4.78, 5) is 13.1. The number of nitrogens with zero attached hydrogens (tertiary/aromatic N) is 1. The van der Waals surface area contributed by atoms with E-state index in [1.165, 1.54) is 0 Å². The van der Waals surface area contributed by atoms with Crippen molar-refractivity contribution in [3.8, 4) is 11.5 Å². The predicted molar refractivity (Wildman–Crippen MR) is 128 cm³/mol. The van der Waals surface area contributed by atoms with Gasteiger partial charge in [-0.2, -0.15) is 0 Å². The standard InChI is InChI=1S/C27H29NO4/c1-17-10-6-9-13-23(17)31-15-14-28-18(2)24(26(30)32-27(3,4)5)21-16-22(29)19-11-7-8-12-20(19)25(21)28/h6-13,16,29H,14-15H2,1-5H3. The predicted octanol–water partition coefficient (Wildman–Crippen LogP) is 6.15. The molecule has 0 fully saturated rings. The number of ether oxygens (including phenoxy) is 2. The van der Waals surface area contributed by atoms with Crippen LogP contribution in [0.3, 0.4) is 0 Å². The highest BCUT2D eigenvalue weighted by Gasteiger charge is 2.27. The van der Waals surface area contributed by atoms with E-state index < -0.39 is 11.6 Å². The van der Waals surface area contributed by atoms with Crippen LogP contribution in [0.15, 0.2) is 54.6 Å².